The number of rotatable bonds is 4. The quantitative estimate of drug-likeness (QED) is 0.770. The van der Waals surface area contributed by atoms with Crippen LogP contribution in [0.3, 0.4) is 0 Å². The molecule has 1 amide bonds. The molecule has 1 aliphatic rings. The first-order valence-electron chi connectivity index (χ1n) is 8.95. The van der Waals surface area contributed by atoms with Gasteiger partial charge in [-0.25, -0.2) is 8.42 Å². The van der Waals surface area contributed by atoms with E-state index in [4.69, 9.17) is 0 Å². The van der Waals surface area contributed by atoms with Crippen molar-refractivity contribution in [2.45, 2.75) is 39.0 Å². The highest BCUT2D eigenvalue weighted by Crippen LogP contribution is 2.28. The molecule has 0 bridgehead atoms. The summed E-state index contributed by atoms with van der Waals surface area (Å²) in [4.78, 5) is 16.6. The molecule has 0 N–H and O–H groups in total. The molecule has 0 radical (unpaired) electrons. The van der Waals surface area contributed by atoms with Crippen LogP contribution < -0.4 is 0 Å². The van der Waals surface area contributed by atoms with E-state index in [1.165, 1.54) is 15.6 Å². The minimum absolute atomic E-state index is 0.0220. The lowest BCUT2D eigenvalue weighted by Gasteiger charge is -2.34. The lowest BCUT2D eigenvalue weighted by molar-refractivity contribution is -0.131. The van der Waals surface area contributed by atoms with Crippen LogP contribution in [-0.4, -0.2) is 59.5 Å². The van der Waals surface area contributed by atoms with Crippen molar-refractivity contribution >= 4 is 27.3 Å². The molecule has 148 valence electrons. The molecule has 0 unspecified atom stereocenters. The van der Waals surface area contributed by atoms with Gasteiger partial charge in [0, 0.05) is 54.2 Å². The summed E-state index contributed by atoms with van der Waals surface area (Å²) in [5, 5.41) is 4.36. The second-order valence-electron chi connectivity index (χ2n) is 7.01. The molecule has 27 heavy (non-hydrogen) atoms. The number of hydrogen-bond acceptors (Lipinski definition) is 5. The van der Waals surface area contributed by atoms with Gasteiger partial charge in [0.25, 0.3) is 0 Å². The molecule has 0 saturated carbocycles. The van der Waals surface area contributed by atoms with E-state index in [1.807, 2.05) is 34.7 Å². The van der Waals surface area contributed by atoms with Gasteiger partial charge in [0.05, 0.1) is 17.0 Å². The Bertz CT molecular complexity index is 967. The van der Waals surface area contributed by atoms with Crippen LogP contribution in [0.4, 0.5) is 0 Å². The predicted molar refractivity (Wildman–Crippen MR) is 106 cm³/mol. The van der Waals surface area contributed by atoms with E-state index in [-0.39, 0.29) is 5.91 Å². The summed E-state index contributed by atoms with van der Waals surface area (Å²) >= 11 is 1.49. The minimum atomic E-state index is -3.50. The van der Waals surface area contributed by atoms with Crippen LogP contribution in [-0.2, 0) is 28.3 Å². The third-order valence-corrected chi connectivity index (χ3v) is 8.31. The van der Waals surface area contributed by atoms with Crippen LogP contribution in [0.15, 0.2) is 11.0 Å². The first-order valence-corrected chi connectivity index (χ1v) is 11.2. The summed E-state index contributed by atoms with van der Waals surface area (Å²) in [6.45, 7) is 9.10. The molecule has 7 nitrogen and oxygen atoms in total. The predicted octanol–water partition coefficient (Wildman–Crippen LogP) is 1.79. The van der Waals surface area contributed by atoms with Crippen LogP contribution >= 0.6 is 11.3 Å². The average Bonchev–Trinajstić information content (AvgIpc) is 3.08. The van der Waals surface area contributed by atoms with Crippen molar-refractivity contribution < 1.29 is 13.2 Å². The zero-order valence-electron chi connectivity index (χ0n) is 16.4. The zero-order chi connectivity index (χ0) is 19.9. The summed E-state index contributed by atoms with van der Waals surface area (Å²) in [6.07, 6.45) is 0.307. The number of piperazine rings is 1. The van der Waals surface area contributed by atoms with E-state index in [0.717, 1.165) is 26.7 Å². The maximum absolute atomic E-state index is 12.9. The van der Waals surface area contributed by atoms with Gasteiger partial charge < -0.3 is 4.90 Å². The molecule has 1 aliphatic heterocycles. The van der Waals surface area contributed by atoms with Crippen molar-refractivity contribution in [1.29, 1.82) is 0 Å². The Labute approximate surface area is 164 Å². The number of thiophene rings is 1. The smallest absolute Gasteiger partial charge is 0.244 e. The van der Waals surface area contributed by atoms with Gasteiger partial charge in [-0.1, -0.05) is 0 Å². The number of aromatic nitrogens is 2. The molecule has 0 atom stereocenters. The molecule has 2 aromatic heterocycles. The highest BCUT2D eigenvalue weighted by molar-refractivity contribution is 7.89. The Kier molecular flexibility index (Phi) is 5.47. The fourth-order valence-electron chi connectivity index (χ4n) is 3.52. The number of amides is 1. The van der Waals surface area contributed by atoms with Gasteiger partial charge in [-0.2, -0.15) is 9.40 Å². The molecule has 2 aromatic rings. The summed E-state index contributed by atoms with van der Waals surface area (Å²) in [7, 11) is -1.63. The van der Waals surface area contributed by atoms with E-state index in [2.05, 4.69) is 5.10 Å². The van der Waals surface area contributed by atoms with Crippen molar-refractivity contribution in [2.75, 3.05) is 26.2 Å². The van der Waals surface area contributed by atoms with Gasteiger partial charge in [0.2, 0.25) is 15.9 Å². The number of sulfonamides is 1. The fourth-order valence-corrected chi connectivity index (χ4v) is 6.46. The third-order valence-electron chi connectivity index (χ3n) is 5.19. The van der Waals surface area contributed by atoms with Crippen LogP contribution in [0.2, 0.25) is 0 Å². The Balaban J connectivity index is 1.66. The molecule has 3 heterocycles. The maximum atomic E-state index is 12.9. The van der Waals surface area contributed by atoms with Crippen molar-refractivity contribution in [1.82, 2.24) is 19.0 Å². The fraction of sp³-hybridized carbons (Fsp3) is 0.556. The SMILES string of the molecule is Cc1cc(S(=O)(=O)N2CCN(C(=O)Cc3c(C)nn(C)c3C)CC2)c(C)s1. The molecule has 0 aliphatic carbocycles. The maximum Gasteiger partial charge on any atom is 0.244 e. The second kappa shape index (κ2) is 7.37. The third kappa shape index (κ3) is 3.81. The van der Waals surface area contributed by atoms with E-state index >= 15 is 0 Å². The highest BCUT2D eigenvalue weighted by atomic mass is 32.2. The molecule has 1 saturated heterocycles. The van der Waals surface area contributed by atoms with Crippen LogP contribution in [0.1, 0.15) is 26.7 Å². The van der Waals surface area contributed by atoms with E-state index in [1.54, 1.807) is 15.6 Å². The van der Waals surface area contributed by atoms with Crippen molar-refractivity contribution in [3.8, 4) is 0 Å². The van der Waals surface area contributed by atoms with Crippen LogP contribution in [0.5, 0.6) is 0 Å². The van der Waals surface area contributed by atoms with E-state index in [0.29, 0.717) is 37.5 Å². The molecule has 0 aromatic carbocycles. The van der Waals surface area contributed by atoms with Crippen molar-refractivity contribution in [3.05, 3.63) is 32.8 Å². The summed E-state index contributed by atoms with van der Waals surface area (Å²) < 4.78 is 29.1. The average molecular weight is 411 g/mol. The standard InChI is InChI=1S/C18H26N4O3S2/c1-12-10-17(15(4)26-12)27(24,25)22-8-6-21(7-9-22)18(23)11-16-13(2)19-20(5)14(16)3/h10H,6-9,11H2,1-5H3. The molecule has 9 heteroatoms. The second-order valence-corrected chi connectivity index (χ2v) is 10.4. The lowest BCUT2D eigenvalue weighted by atomic mass is 10.1. The Morgan fingerprint density at radius 1 is 1.15 bits per heavy atom. The van der Waals surface area contributed by atoms with Gasteiger partial charge >= 0.3 is 0 Å². The number of carbonyl (C=O) groups is 1. The van der Waals surface area contributed by atoms with Gasteiger partial charge in [0.15, 0.2) is 0 Å². The largest absolute Gasteiger partial charge is 0.340 e. The van der Waals surface area contributed by atoms with E-state index in [9.17, 15) is 13.2 Å². The minimum Gasteiger partial charge on any atom is -0.340 e. The van der Waals surface area contributed by atoms with Crippen molar-refractivity contribution in [3.63, 3.8) is 0 Å². The lowest BCUT2D eigenvalue weighted by Crippen LogP contribution is -2.50. The first-order chi connectivity index (χ1) is 12.6. The Hall–Kier alpha value is -1.71. The Morgan fingerprint density at radius 3 is 2.26 bits per heavy atom. The summed E-state index contributed by atoms with van der Waals surface area (Å²) in [5.74, 6) is 0.0220. The van der Waals surface area contributed by atoms with Crippen molar-refractivity contribution in [2.24, 2.45) is 7.05 Å². The number of aryl methyl sites for hydroxylation is 4. The number of carbonyl (C=O) groups excluding carboxylic acids is 1. The Morgan fingerprint density at radius 2 is 1.78 bits per heavy atom. The molecule has 3 rings (SSSR count). The van der Waals surface area contributed by atoms with Gasteiger partial charge in [-0.3, -0.25) is 9.48 Å². The van der Waals surface area contributed by atoms with Gasteiger partial charge in [-0.15, -0.1) is 11.3 Å². The molecular formula is C18H26N4O3S2. The number of hydrogen-bond donors (Lipinski definition) is 0. The van der Waals surface area contributed by atoms with Gasteiger partial charge in [0.1, 0.15) is 0 Å². The van der Waals surface area contributed by atoms with E-state index < -0.39 is 10.0 Å². The normalized spacial score (nSPS) is 16.1. The molecule has 1 fully saturated rings. The summed E-state index contributed by atoms with van der Waals surface area (Å²) in [5.41, 5.74) is 2.82. The number of nitrogens with zero attached hydrogens (tertiary/aromatic N) is 4. The monoisotopic (exact) mass is 410 g/mol. The summed E-state index contributed by atoms with van der Waals surface area (Å²) in [6, 6.07) is 1.74. The first kappa shape index (κ1) is 20.0. The topological polar surface area (TPSA) is 75.5 Å². The highest BCUT2D eigenvalue weighted by Gasteiger charge is 2.32. The molecular weight excluding hydrogens is 384 g/mol. The molecule has 0 spiro atoms. The zero-order valence-corrected chi connectivity index (χ0v) is 18.1. The van der Waals surface area contributed by atoms with Crippen LogP contribution in [0.25, 0.3) is 0 Å². The van der Waals surface area contributed by atoms with Crippen LogP contribution in [0, 0.1) is 27.7 Å². The van der Waals surface area contributed by atoms with Gasteiger partial charge in [-0.05, 0) is 33.8 Å².